The number of H-pyrrole nitrogens is 1. The van der Waals surface area contributed by atoms with Gasteiger partial charge in [0, 0.05) is 23.5 Å². The van der Waals surface area contributed by atoms with Crippen molar-refractivity contribution >= 4 is 16.8 Å². The topological polar surface area (TPSA) is 88.0 Å². The van der Waals surface area contributed by atoms with Crippen LogP contribution in [0.1, 0.15) is 47.1 Å². The SMILES string of the molecule is Cc1noc(C(C)C)c1C(=O)NCCc1cc2ccccc2[nH]c1=O. The highest BCUT2D eigenvalue weighted by molar-refractivity contribution is 5.96. The highest BCUT2D eigenvalue weighted by Crippen LogP contribution is 2.22. The lowest BCUT2D eigenvalue weighted by Gasteiger charge is -2.07. The van der Waals surface area contributed by atoms with E-state index in [2.05, 4.69) is 15.5 Å². The second-order valence-electron chi connectivity index (χ2n) is 6.38. The Morgan fingerprint density at radius 3 is 2.84 bits per heavy atom. The summed E-state index contributed by atoms with van der Waals surface area (Å²) in [6, 6.07) is 9.48. The van der Waals surface area contributed by atoms with E-state index in [0.717, 1.165) is 10.9 Å². The zero-order valence-corrected chi connectivity index (χ0v) is 14.6. The van der Waals surface area contributed by atoms with Crippen LogP contribution >= 0.6 is 0 Å². The van der Waals surface area contributed by atoms with E-state index in [-0.39, 0.29) is 17.4 Å². The van der Waals surface area contributed by atoms with E-state index in [1.807, 2.05) is 44.2 Å². The van der Waals surface area contributed by atoms with Gasteiger partial charge in [-0.25, -0.2) is 0 Å². The van der Waals surface area contributed by atoms with Crippen molar-refractivity contribution in [2.45, 2.75) is 33.1 Å². The quantitative estimate of drug-likeness (QED) is 0.748. The van der Waals surface area contributed by atoms with E-state index >= 15 is 0 Å². The maximum Gasteiger partial charge on any atom is 0.256 e. The van der Waals surface area contributed by atoms with Gasteiger partial charge in [0.25, 0.3) is 11.5 Å². The first-order valence-corrected chi connectivity index (χ1v) is 8.32. The number of pyridine rings is 1. The van der Waals surface area contributed by atoms with Crippen LogP contribution in [0.25, 0.3) is 10.9 Å². The fourth-order valence-corrected chi connectivity index (χ4v) is 2.83. The largest absolute Gasteiger partial charge is 0.360 e. The Morgan fingerprint density at radius 1 is 1.32 bits per heavy atom. The molecule has 0 fully saturated rings. The van der Waals surface area contributed by atoms with Crippen LogP contribution in [-0.4, -0.2) is 22.6 Å². The van der Waals surface area contributed by atoms with Gasteiger partial charge in [-0.2, -0.15) is 0 Å². The Hall–Kier alpha value is -2.89. The number of aromatic nitrogens is 2. The molecule has 0 saturated carbocycles. The number of hydrogen-bond donors (Lipinski definition) is 2. The zero-order valence-electron chi connectivity index (χ0n) is 14.6. The first-order valence-electron chi connectivity index (χ1n) is 8.32. The molecule has 0 spiro atoms. The maximum atomic E-state index is 12.4. The Kier molecular flexibility index (Phi) is 4.70. The number of carbonyl (C=O) groups excluding carboxylic acids is 1. The van der Waals surface area contributed by atoms with Crippen molar-refractivity contribution in [2.75, 3.05) is 6.54 Å². The Bertz CT molecular complexity index is 969. The molecule has 0 bridgehead atoms. The summed E-state index contributed by atoms with van der Waals surface area (Å²) in [5.41, 5.74) is 2.39. The molecule has 0 radical (unpaired) electrons. The number of rotatable bonds is 5. The number of amides is 1. The van der Waals surface area contributed by atoms with Crippen LogP contribution in [-0.2, 0) is 6.42 Å². The molecule has 25 heavy (non-hydrogen) atoms. The summed E-state index contributed by atoms with van der Waals surface area (Å²) in [4.78, 5) is 27.4. The molecule has 0 aliphatic rings. The molecule has 0 unspecified atom stereocenters. The maximum absolute atomic E-state index is 12.4. The summed E-state index contributed by atoms with van der Waals surface area (Å²) < 4.78 is 5.24. The van der Waals surface area contributed by atoms with Crippen molar-refractivity contribution in [3.63, 3.8) is 0 Å². The molecule has 1 amide bonds. The molecule has 0 aliphatic heterocycles. The number of carbonyl (C=O) groups is 1. The van der Waals surface area contributed by atoms with E-state index in [1.165, 1.54) is 0 Å². The van der Waals surface area contributed by atoms with E-state index in [0.29, 0.717) is 35.5 Å². The van der Waals surface area contributed by atoms with Crippen LogP contribution < -0.4 is 10.9 Å². The van der Waals surface area contributed by atoms with Crippen LogP contribution in [0.15, 0.2) is 39.6 Å². The summed E-state index contributed by atoms with van der Waals surface area (Å²) >= 11 is 0. The second kappa shape index (κ2) is 6.93. The summed E-state index contributed by atoms with van der Waals surface area (Å²) in [6.07, 6.45) is 0.452. The summed E-state index contributed by atoms with van der Waals surface area (Å²) in [5.74, 6) is 0.434. The highest BCUT2D eigenvalue weighted by atomic mass is 16.5. The van der Waals surface area contributed by atoms with Crippen molar-refractivity contribution in [2.24, 2.45) is 0 Å². The molecule has 130 valence electrons. The van der Waals surface area contributed by atoms with E-state index in [4.69, 9.17) is 4.52 Å². The van der Waals surface area contributed by atoms with Crippen molar-refractivity contribution in [1.29, 1.82) is 0 Å². The smallest absolute Gasteiger partial charge is 0.256 e. The van der Waals surface area contributed by atoms with Crippen molar-refractivity contribution in [1.82, 2.24) is 15.5 Å². The third-order valence-electron chi connectivity index (χ3n) is 4.15. The van der Waals surface area contributed by atoms with Crippen molar-refractivity contribution < 1.29 is 9.32 Å². The zero-order chi connectivity index (χ0) is 18.0. The third-order valence-corrected chi connectivity index (χ3v) is 4.15. The number of aromatic amines is 1. The number of nitrogens with one attached hydrogen (secondary N) is 2. The van der Waals surface area contributed by atoms with Gasteiger partial charge in [0.15, 0.2) is 5.76 Å². The molecule has 6 nitrogen and oxygen atoms in total. The minimum atomic E-state index is -0.223. The van der Waals surface area contributed by atoms with Gasteiger partial charge in [0.2, 0.25) is 0 Å². The number of benzene rings is 1. The fraction of sp³-hybridized carbons (Fsp3) is 0.316. The molecule has 2 heterocycles. The normalized spacial score (nSPS) is 11.2. The first-order chi connectivity index (χ1) is 12.0. The number of nitrogens with zero attached hydrogens (tertiary/aromatic N) is 1. The Labute approximate surface area is 145 Å². The van der Waals surface area contributed by atoms with Gasteiger partial charge in [-0.3, -0.25) is 9.59 Å². The average Bonchev–Trinajstić information content (AvgIpc) is 2.97. The number of para-hydroxylation sites is 1. The molecule has 0 aliphatic carbocycles. The lowest BCUT2D eigenvalue weighted by molar-refractivity contribution is 0.0951. The molecule has 3 rings (SSSR count). The molecule has 6 heteroatoms. The van der Waals surface area contributed by atoms with Crippen molar-refractivity contribution in [3.05, 3.63) is 63.3 Å². The van der Waals surface area contributed by atoms with Gasteiger partial charge in [-0.1, -0.05) is 37.2 Å². The number of fused-ring (bicyclic) bond motifs is 1. The van der Waals surface area contributed by atoms with Gasteiger partial charge in [-0.05, 0) is 30.9 Å². The molecule has 0 saturated heterocycles. The molecular weight excluding hydrogens is 318 g/mol. The average molecular weight is 339 g/mol. The second-order valence-corrected chi connectivity index (χ2v) is 6.38. The molecule has 2 aromatic heterocycles. The third kappa shape index (κ3) is 3.47. The van der Waals surface area contributed by atoms with Gasteiger partial charge in [-0.15, -0.1) is 0 Å². The molecule has 0 atom stereocenters. The number of hydrogen-bond acceptors (Lipinski definition) is 4. The van der Waals surface area contributed by atoms with Gasteiger partial charge in [0.1, 0.15) is 5.56 Å². The predicted octanol–water partition coefficient (Wildman–Crippen LogP) is 2.92. The van der Waals surface area contributed by atoms with Crippen LogP contribution in [0.5, 0.6) is 0 Å². The van der Waals surface area contributed by atoms with Crippen LogP contribution in [0.2, 0.25) is 0 Å². The number of aryl methyl sites for hydroxylation is 1. The fourth-order valence-electron chi connectivity index (χ4n) is 2.83. The van der Waals surface area contributed by atoms with Crippen molar-refractivity contribution in [3.8, 4) is 0 Å². The predicted molar refractivity (Wildman–Crippen MR) is 95.9 cm³/mol. The van der Waals surface area contributed by atoms with Gasteiger partial charge < -0.3 is 14.8 Å². The highest BCUT2D eigenvalue weighted by Gasteiger charge is 2.22. The standard InChI is InChI=1S/C19H21N3O3/c1-11(2)17-16(12(3)22-25-17)19(24)20-9-8-14-10-13-6-4-5-7-15(13)21-18(14)23/h4-7,10-11H,8-9H2,1-3H3,(H,20,24)(H,21,23). The monoisotopic (exact) mass is 339 g/mol. The molecular formula is C19H21N3O3. The minimum Gasteiger partial charge on any atom is -0.360 e. The van der Waals surface area contributed by atoms with Crippen LogP contribution in [0.4, 0.5) is 0 Å². The van der Waals surface area contributed by atoms with E-state index in [9.17, 15) is 9.59 Å². The Morgan fingerprint density at radius 2 is 2.08 bits per heavy atom. The van der Waals surface area contributed by atoms with E-state index < -0.39 is 0 Å². The summed E-state index contributed by atoms with van der Waals surface area (Å²) in [5, 5.41) is 7.71. The van der Waals surface area contributed by atoms with Crippen LogP contribution in [0.3, 0.4) is 0 Å². The van der Waals surface area contributed by atoms with Crippen LogP contribution in [0, 0.1) is 6.92 Å². The van der Waals surface area contributed by atoms with E-state index in [1.54, 1.807) is 6.92 Å². The molecule has 2 N–H and O–H groups in total. The lowest BCUT2D eigenvalue weighted by atomic mass is 10.0. The van der Waals surface area contributed by atoms with Gasteiger partial charge in [0.05, 0.1) is 5.69 Å². The minimum absolute atomic E-state index is 0.0743. The lowest BCUT2D eigenvalue weighted by Crippen LogP contribution is -2.28. The Balaban J connectivity index is 1.71. The van der Waals surface area contributed by atoms with Gasteiger partial charge >= 0.3 is 0 Å². The summed E-state index contributed by atoms with van der Waals surface area (Å²) in [7, 11) is 0. The molecule has 3 aromatic rings. The summed E-state index contributed by atoms with van der Waals surface area (Å²) in [6.45, 7) is 6.01. The first kappa shape index (κ1) is 17.0. The molecule has 1 aromatic carbocycles.